The Bertz CT molecular complexity index is 521. The number of rotatable bonds is 7. The van der Waals surface area contributed by atoms with E-state index in [1.54, 1.807) is 6.08 Å². The van der Waals surface area contributed by atoms with Crippen LogP contribution in [0.3, 0.4) is 0 Å². The molecule has 0 fully saturated rings. The van der Waals surface area contributed by atoms with Crippen LogP contribution in [0, 0.1) is 0 Å². The minimum absolute atomic E-state index is 0.383. The molecule has 2 rings (SSSR count). The fraction of sp³-hybridized carbons (Fsp3) is 0.412. The van der Waals surface area contributed by atoms with E-state index < -0.39 is 0 Å². The van der Waals surface area contributed by atoms with Crippen LogP contribution < -0.4 is 4.74 Å². The van der Waals surface area contributed by atoms with Crippen molar-refractivity contribution in [2.45, 2.75) is 19.4 Å². The van der Waals surface area contributed by atoms with Crippen molar-refractivity contribution in [3.8, 4) is 5.75 Å². The molecular weight excluding hydrogens is 266 g/mol. The third-order valence-corrected chi connectivity index (χ3v) is 3.17. The van der Waals surface area contributed by atoms with Crippen molar-refractivity contribution in [2.24, 2.45) is 0 Å². The summed E-state index contributed by atoms with van der Waals surface area (Å²) < 4.78 is 11.4. The van der Waals surface area contributed by atoms with E-state index in [0.29, 0.717) is 25.4 Å². The third kappa shape index (κ3) is 5.52. The van der Waals surface area contributed by atoms with Gasteiger partial charge in [0.15, 0.2) is 0 Å². The van der Waals surface area contributed by atoms with Crippen molar-refractivity contribution in [2.75, 3.05) is 27.2 Å². The van der Waals surface area contributed by atoms with Gasteiger partial charge in [-0.25, -0.2) is 0 Å². The molecule has 0 aromatic heterocycles. The highest BCUT2D eigenvalue weighted by Crippen LogP contribution is 2.19. The molecule has 1 aromatic carbocycles. The summed E-state index contributed by atoms with van der Waals surface area (Å²) in [4.78, 5) is 2.08. The maximum absolute atomic E-state index is 9.48. The van der Waals surface area contributed by atoms with Crippen molar-refractivity contribution in [1.82, 2.24) is 4.90 Å². The van der Waals surface area contributed by atoms with Crippen LogP contribution in [0.2, 0.25) is 0 Å². The van der Waals surface area contributed by atoms with E-state index >= 15 is 0 Å². The van der Waals surface area contributed by atoms with E-state index in [0.717, 1.165) is 30.0 Å². The van der Waals surface area contributed by atoms with Crippen LogP contribution in [0.25, 0.3) is 0 Å². The average molecular weight is 289 g/mol. The van der Waals surface area contributed by atoms with Gasteiger partial charge in [0.2, 0.25) is 0 Å². The molecule has 4 heteroatoms. The molecule has 1 aliphatic carbocycles. The van der Waals surface area contributed by atoms with Crippen LogP contribution >= 0.6 is 0 Å². The molecule has 0 saturated carbocycles. The minimum Gasteiger partial charge on any atom is -0.512 e. The minimum atomic E-state index is 0.383. The number of benzene rings is 1. The van der Waals surface area contributed by atoms with Crippen molar-refractivity contribution >= 4 is 0 Å². The Morgan fingerprint density at radius 2 is 2.10 bits per heavy atom. The number of aliphatic hydroxyl groups excluding tert-OH is 1. The summed E-state index contributed by atoms with van der Waals surface area (Å²) in [6.45, 7) is 2.03. The van der Waals surface area contributed by atoms with Crippen LogP contribution in [-0.2, 0) is 11.3 Å². The summed E-state index contributed by atoms with van der Waals surface area (Å²) in [6.07, 6.45) is 5.20. The zero-order valence-electron chi connectivity index (χ0n) is 12.7. The van der Waals surface area contributed by atoms with Crippen LogP contribution in [0.5, 0.6) is 5.75 Å². The molecule has 1 N–H and O–H groups in total. The summed E-state index contributed by atoms with van der Waals surface area (Å²) in [6, 6.07) is 7.91. The molecule has 0 spiro atoms. The van der Waals surface area contributed by atoms with Gasteiger partial charge >= 0.3 is 0 Å². The first-order valence-electron chi connectivity index (χ1n) is 7.22. The maximum Gasteiger partial charge on any atom is 0.119 e. The number of allylic oxidation sites excluding steroid dienone is 3. The zero-order chi connectivity index (χ0) is 15.1. The van der Waals surface area contributed by atoms with Gasteiger partial charge in [0.05, 0.1) is 5.76 Å². The largest absolute Gasteiger partial charge is 0.512 e. The van der Waals surface area contributed by atoms with E-state index in [1.165, 1.54) is 0 Å². The number of nitrogens with zero attached hydrogens (tertiary/aromatic N) is 1. The standard InChI is InChI=1S/C17H23NO3/c1-18(2)9-10-20-16-7-3-5-14(11-16)13-21-17-8-4-6-15(19)12-17/h3,5,7-8,11-12,19H,4,6,9-10,13H2,1-2H3. The second-order valence-electron chi connectivity index (χ2n) is 5.37. The molecule has 4 nitrogen and oxygen atoms in total. The Morgan fingerprint density at radius 1 is 1.24 bits per heavy atom. The summed E-state index contributed by atoms with van der Waals surface area (Å²) in [5.74, 6) is 1.97. The van der Waals surface area contributed by atoms with E-state index in [9.17, 15) is 5.11 Å². The molecule has 114 valence electrons. The van der Waals surface area contributed by atoms with Gasteiger partial charge in [-0.1, -0.05) is 12.1 Å². The maximum atomic E-state index is 9.48. The highest BCUT2D eigenvalue weighted by molar-refractivity contribution is 5.28. The summed E-state index contributed by atoms with van der Waals surface area (Å²) in [5, 5.41) is 9.48. The highest BCUT2D eigenvalue weighted by Gasteiger charge is 2.05. The Labute approximate surface area is 126 Å². The quantitative estimate of drug-likeness (QED) is 0.836. The smallest absolute Gasteiger partial charge is 0.119 e. The fourth-order valence-corrected chi connectivity index (χ4v) is 2.00. The molecule has 21 heavy (non-hydrogen) atoms. The summed E-state index contributed by atoms with van der Waals surface area (Å²) >= 11 is 0. The van der Waals surface area contributed by atoms with Gasteiger partial charge < -0.3 is 19.5 Å². The van der Waals surface area contributed by atoms with Crippen LogP contribution in [0.1, 0.15) is 18.4 Å². The Hall–Kier alpha value is -1.94. The van der Waals surface area contributed by atoms with Gasteiger partial charge in [0.1, 0.15) is 24.7 Å². The number of hydrogen-bond donors (Lipinski definition) is 1. The second-order valence-corrected chi connectivity index (χ2v) is 5.37. The van der Waals surface area contributed by atoms with Gasteiger partial charge in [0, 0.05) is 19.0 Å². The first-order chi connectivity index (χ1) is 10.1. The topological polar surface area (TPSA) is 41.9 Å². The highest BCUT2D eigenvalue weighted by atomic mass is 16.5. The van der Waals surface area contributed by atoms with Crippen LogP contribution in [-0.4, -0.2) is 37.3 Å². The van der Waals surface area contributed by atoms with Crippen LogP contribution in [0.4, 0.5) is 0 Å². The van der Waals surface area contributed by atoms with E-state index in [2.05, 4.69) is 4.90 Å². The van der Waals surface area contributed by atoms with Crippen molar-refractivity contribution in [1.29, 1.82) is 0 Å². The lowest BCUT2D eigenvalue weighted by Crippen LogP contribution is -2.19. The average Bonchev–Trinajstić information content (AvgIpc) is 2.45. The molecule has 1 aliphatic rings. The van der Waals surface area contributed by atoms with E-state index in [4.69, 9.17) is 9.47 Å². The molecule has 0 bridgehead atoms. The van der Waals surface area contributed by atoms with E-state index in [-0.39, 0.29) is 0 Å². The Balaban J connectivity index is 1.85. The molecule has 0 heterocycles. The van der Waals surface area contributed by atoms with Gasteiger partial charge in [-0.05, 0) is 44.3 Å². The van der Waals surface area contributed by atoms with Gasteiger partial charge in [-0.2, -0.15) is 0 Å². The van der Waals surface area contributed by atoms with Gasteiger partial charge in [-0.15, -0.1) is 0 Å². The van der Waals surface area contributed by atoms with Gasteiger partial charge in [-0.3, -0.25) is 0 Å². The SMILES string of the molecule is CN(C)CCOc1cccc(COC2=CCCC(O)=C2)c1. The molecule has 1 aromatic rings. The van der Waals surface area contributed by atoms with Gasteiger partial charge in [0.25, 0.3) is 0 Å². The molecule has 0 unspecified atom stereocenters. The van der Waals surface area contributed by atoms with E-state index in [1.807, 2.05) is 44.4 Å². The monoisotopic (exact) mass is 289 g/mol. The van der Waals surface area contributed by atoms with Crippen molar-refractivity contribution in [3.05, 3.63) is 53.5 Å². The second kappa shape index (κ2) is 7.74. The van der Waals surface area contributed by atoms with Crippen molar-refractivity contribution in [3.63, 3.8) is 0 Å². The lowest BCUT2D eigenvalue weighted by Gasteiger charge is -2.13. The molecule has 0 aliphatic heterocycles. The first kappa shape index (κ1) is 15.4. The molecular formula is C17H23NO3. The number of aliphatic hydroxyl groups is 1. The predicted molar refractivity (Wildman–Crippen MR) is 83.3 cm³/mol. The molecule has 0 saturated heterocycles. The number of ether oxygens (including phenoxy) is 2. The molecule has 0 amide bonds. The summed E-state index contributed by atoms with van der Waals surface area (Å²) in [7, 11) is 4.04. The van der Waals surface area contributed by atoms with Crippen LogP contribution in [0.15, 0.2) is 47.9 Å². The molecule has 0 atom stereocenters. The van der Waals surface area contributed by atoms with Crippen molar-refractivity contribution < 1.29 is 14.6 Å². The Kier molecular flexibility index (Phi) is 5.69. The zero-order valence-corrected chi connectivity index (χ0v) is 12.7. The Morgan fingerprint density at radius 3 is 2.86 bits per heavy atom. The first-order valence-corrected chi connectivity index (χ1v) is 7.22. The third-order valence-electron chi connectivity index (χ3n) is 3.17. The number of likely N-dealkylation sites (N-methyl/N-ethyl adjacent to an activating group) is 1. The predicted octanol–water partition coefficient (Wildman–Crippen LogP) is 3.26. The number of hydrogen-bond acceptors (Lipinski definition) is 4. The molecule has 0 radical (unpaired) electrons. The normalized spacial score (nSPS) is 14.6. The lowest BCUT2D eigenvalue weighted by atomic mass is 10.1. The fourth-order valence-electron chi connectivity index (χ4n) is 2.00. The lowest BCUT2D eigenvalue weighted by molar-refractivity contribution is 0.204. The summed E-state index contributed by atoms with van der Waals surface area (Å²) in [5.41, 5.74) is 1.05.